The summed E-state index contributed by atoms with van der Waals surface area (Å²) in [5.74, 6) is 0. The van der Waals surface area contributed by atoms with Gasteiger partial charge in [-0.2, -0.15) is 0 Å². The summed E-state index contributed by atoms with van der Waals surface area (Å²) in [4.78, 5) is 2.66. The fourth-order valence-electron chi connectivity index (χ4n) is 3.11. The van der Waals surface area contributed by atoms with Crippen LogP contribution in [0.4, 0.5) is 0 Å². The molecule has 2 aliphatic rings. The molecule has 104 valence electrons. The maximum absolute atomic E-state index is 6.02. The van der Waals surface area contributed by atoms with Crippen molar-refractivity contribution in [2.24, 2.45) is 0 Å². The molecule has 3 nitrogen and oxygen atoms in total. The van der Waals surface area contributed by atoms with Gasteiger partial charge in [0.15, 0.2) is 0 Å². The van der Waals surface area contributed by atoms with E-state index in [1.807, 2.05) is 7.05 Å². The molecular weight excluding hydrogens is 236 g/mol. The van der Waals surface area contributed by atoms with Gasteiger partial charge in [0.25, 0.3) is 0 Å². The van der Waals surface area contributed by atoms with E-state index in [-0.39, 0.29) is 6.10 Å². The second-order valence-electron chi connectivity index (χ2n) is 5.79. The Morgan fingerprint density at radius 1 is 1.26 bits per heavy atom. The highest BCUT2D eigenvalue weighted by Crippen LogP contribution is 2.38. The van der Waals surface area contributed by atoms with Crippen LogP contribution in [0.25, 0.3) is 0 Å². The Bertz CT molecular complexity index is 411. The van der Waals surface area contributed by atoms with Crippen molar-refractivity contribution in [2.45, 2.75) is 38.0 Å². The predicted molar refractivity (Wildman–Crippen MR) is 77.3 cm³/mol. The minimum Gasteiger partial charge on any atom is -0.374 e. The summed E-state index contributed by atoms with van der Waals surface area (Å²) >= 11 is 0. The van der Waals surface area contributed by atoms with Gasteiger partial charge in [0, 0.05) is 19.1 Å². The highest BCUT2D eigenvalue weighted by atomic mass is 16.5. The van der Waals surface area contributed by atoms with E-state index in [1.54, 1.807) is 0 Å². The third-order valence-corrected chi connectivity index (χ3v) is 4.23. The Morgan fingerprint density at radius 3 is 2.63 bits per heavy atom. The summed E-state index contributed by atoms with van der Waals surface area (Å²) in [6, 6.07) is 10.2. The second kappa shape index (κ2) is 5.61. The van der Waals surface area contributed by atoms with E-state index in [0.717, 1.165) is 25.7 Å². The molecule has 2 unspecified atom stereocenters. The van der Waals surface area contributed by atoms with Crippen LogP contribution < -0.4 is 5.32 Å². The number of hydrogen-bond acceptors (Lipinski definition) is 3. The number of morpholine rings is 1. The highest BCUT2D eigenvalue weighted by molar-refractivity contribution is 5.26. The van der Waals surface area contributed by atoms with Crippen LogP contribution in [-0.2, 0) is 4.74 Å². The molecule has 1 aliphatic heterocycles. The third-order valence-electron chi connectivity index (χ3n) is 4.23. The fourth-order valence-corrected chi connectivity index (χ4v) is 3.11. The number of nitrogens with zero attached hydrogens (tertiary/aromatic N) is 1. The van der Waals surface area contributed by atoms with E-state index in [4.69, 9.17) is 4.74 Å². The van der Waals surface area contributed by atoms with Crippen molar-refractivity contribution in [1.82, 2.24) is 10.2 Å². The molecule has 0 bridgehead atoms. The minimum absolute atomic E-state index is 0.266. The van der Waals surface area contributed by atoms with Gasteiger partial charge in [0.1, 0.15) is 0 Å². The Hall–Kier alpha value is -0.900. The van der Waals surface area contributed by atoms with Crippen LogP contribution in [0.5, 0.6) is 0 Å². The maximum atomic E-state index is 6.02. The maximum Gasteiger partial charge on any atom is 0.0896 e. The van der Waals surface area contributed by atoms with Crippen molar-refractivity contribution in [3.63, 3.8) is 0 Å². The summed E-state index contributed by atoms with van der Waals surface area (Å²) in [5, 5.41) is 3.28. The zero-order valence-electron chi connectivity index (χ0n) is 11.9. The molecule has 2 atom stereocenters. The lowest BCUT2D eigenvalue weighted by Crippen LogP contribution is -2.49. The van der Waals surface area contributed by atoms with Crippen molar-refractivity contribution in [3.8, 4) is 0 Å². The van der Waals surface area contributed by atoms with E-state index in [9.17, 15) is 0 Å². The molecule has 0 aromatic heterocycles. The van der Waals surface area contributed by atoms with Gasteiger partial charge < -0.3 is 10.1 Å². The Balaban J connectivity index is 1.87. The molecule has 0 spiro atoms. The summed E-state index contributed by atoms with van der Waals surface area (Å²) in [7, 11) is 2.01. The normalized spacial score (nSPS) is 28.5. The van der Waals surface area contributed by atoms with Crippen LogP contribution in [0.2, 0.25) is 0 Å². The van der Waals surface area contributed by atoms with E-state index < -0.39 is 0 Å². The van der Waals surface area contributed by atoms with E-state index >= 15 is 0 Å². The quantitative estimate of drug-likeness (QED) is 0.897. The van der Waals surface area contributed by atoms with Gasteiger partial charge >= 0.3 is 0 Å². The number of benzene rings is 1. The largest absolute Gasteiger partial charge is 0.374 e. The first kappa shape index (κ1) is 13.1. The third kappa shape index (κ3) is 2.83. The Labute approximate surface area is 115 Å². The highest BCUT2D eigenvalue weighted by Gasteiger charge is 2.40. The van der Waals surface area contributed by atoms with Gasteiger partial charge in [-0.05, 0) is 32.4 Å². The zero-order chi connectivity index (χ0) is 13.2. The average molecular weight is 260 g/mol. The van der Waals surface area contributed by atoms with E-state index in [0.29, 0.717) is 6.04 Å². The fraction of sp³-hybridized carbons (Fsp3) is 0.625. The minimum atomic E-state index is 0.266. The molecule has 1 heterocycles. The molecule has 19 heavy (non-hydrogen) atoms. The first-order chi connectivity index (χ1) is 9.29. The zero-order valence-corrected chi connectivity index (χ0v) is 11.9. The van der Waals surface area contributed by atoms with Crippen LogP contribution >= 0.6 is 0 Å². The lowest BCUT2D eigenvalue weighted by Gasteiger charge is -2.42. The summed E-state index contributed by atoms with van der Waals surface area (Å²) < 4.78 is 6.02. The number of nitrogens with one attached hydrogen (secondary N) is 1. The molecular formula is C16H24N2O. The van der Waals surface area contributed by atoms with Gasteiger partial charge in [0.2, 0.25) is 0 Å². The van der Waals surface area contributed by atoms with Crippen molar-refractivity contribution in [2.75, 3.05) is 26.7 Å². The Morgan fingerprint density at radius 2 is 2.00 bits per heavy atom. The van der Waals surface area contributed by atoms with Gasteiger partial charge in [-0.25, -0.2) is 0 Å². The van der Waals surface area contributed by atoms with Crippen LogP contribution in [0.1, 0.15) is 30.0 Å². The molecule has 3 heteroatoms. The first-order valence-electron chi connectivity index (χ1n) is 7.38. The van der Waals surface area contributed by atoms with Crippen LogP contribution in [0.15, 0.2) is 24.3 Å². The lowest BCUT2D eigenvalue weighted by atomic mass is 9.96. The molecule has 3 rings (SSSR count). The summed E-state index contributed by atoms with van der Waals surface area (Å²) in [5.41, 5.74) is 2.72. The molecule has 2 fully saturated rings. The molecule has 1 saturated carbocycles. The van der Waals surface area contributed by atoms with Gasteiger partial charge in [-0.15, -0.1) is 0 Å². The van der Waals surface area contributed by atoms with Gasteiger partial charge in [0.05, 0.1) is 18.8 Å². The number of likely N-dealkylation sites (N-methyl/N-ethyl adjacent to an activating group) is 1. The molecule has 1 saturated heterocycles. The molecule has 0 radical (unpaired) electrons. The second-order valence-corrected chi connectivity index (χ2v) is 5.79. The first-order valence-corrected chi connectivity index (χ1v) is 7.38. The van der Waals surface area contributed by atoms with Crippen molar-refractivity contribution < 1.29 is 4.74 Å². The monoisotopic (exact) mass is 260 g/mol. The number of rotatable bonds is 4. The van der Waals surface area contributed by atoms with Crippen molar-refractivity contribution >= 4 is 0 Å². The smallest absolute Gasteiger partial charge is 0.0896 e. The van der Waals surface area contributed by atoms with Crippen LogP contribution in [0, 0.1) is 6.92 Å². The van der Waals surface area contributed by atoms with E-state index in [2.05, 4.69) is 41.4 Å². The molecule has 1 aliphatic carbocycles. The molecule has 1 aromatic carbocycles. The van der Waals surface area contributed by atoms with Crippen LogP contribution in [-0.4, -0.2) is 43.8 Å². The summed E-state index contributed by atoms with van der Waals surface area (Å²) in [6.07, 6.45) is 2.98. The number of hydrogen-bond donors (Lipinski definition) is 1. The Kier molecular flexibility index (Phi) is 3.87. The standard InChI is InChI=1S/C16H24N2O/c1-12-3-5-13(6-4-12)16-15(11-17-2)19-10-9-18(16)14-7-8-14/h3-6,14-17H,7-11H2,1-2H3. The number of ether oxygens (including phenoxy) is 1. The van der Waals surface area contributed by atoms with Crippen molar-refractivity contribution in [1.29, 1.82) is 0 Å². The molecule has 1 aromatic rings. The van der Waals surface area contributed by atoms with Gasteiger partial charge in [-0.3, -0.25) is 4.90 Å². The predicted octanol–water partition coefficient (Wildman–Crippen LogP) is 2.12. The summed E-state index contributed by atoms with van der Waals surface area (Å²) in [6.45, 7) is 5.00. The van der Waals surface area contributed by atoms with Crippen molar-refractivity contribution in [3.05, 3.63) is 35.4 Å². The topological polar surface area (TPSA) is 24.5 Å². The number of aryl methyl sites for hydroxylation is 1. The van der Waals surface area contributed by atoms with Crippen LogP contribution in [0.3, 0.4) is 0 Å². The average Bonchev–Trinajstić information content (AvgIpc) is 3.24. The lowest BCUT2D eigenvalue weighted by molar-refractivity contribution is -0.0740. The molecule has 0 amide bonds. The van der Waals surface area contributed by atoms with E-state index in [1.165, 1.54) is 24.0 Å². The molecule has 1 N–H and O–H groups in total. The SMILES string of the molecule is CNCC1OCCN(C2CC2)C1c1ccc(C)cc1. The van der Waals surface area contributed by atoms with Gasteiger partial charge in [-0.1, -0.05) is 29.8 Å².